The van der Waals surface area contributed by atoms with Crippen molar-refractivity contribution in [3.05, 3.63) is 11.0 Å². The molecule has 1 aliphatic heterocycles. The number of hydrogen-bond acceptors (Lipinski definition) is 3. The van der Waals surface area contributed by atoms with E-state index in [9.17, 15) is 4.79 Å². The number of carbonyl (C=O) groups is 1. The van der Waals surface area contributed by atoms with E-state index in [1.807, 2.05) is 0 Å². The van der Waals surface area contributed by atoms with Gasteiger partial charge in [-0.2, -0.15) is 0 Å². The van der Waals surface area contributed by atoms with Crippen molar-refractivity contribution in [2.45, 2.75) is 33.1 Å². The van der Waals surface area contributed by atoms with Crippen LogP contribution in [0, 0.1) is 23.2 Å². The molecule has 2 bridgehead atoms. The Morgan fingerprint density at radius 1 is 1.47 bits per heavy atom. The number of hydrogen-bond donors (Lipinski definition) is 1. The van der Waals surface area contributed by atoms with E-state index >= 15 is 0 Å². The lowest BCUT2D eigenvalue weighted by Crippen LogP contribution is -2.29. The van der Waals surface area contributed by atoms with Crippen molar-refractivity contribution in [2.24, 2.45) is 23.2 Å². The van der Waals surface area contributed by atoms with E-state index in [1.54, 1.807) is 0 Å². The zero-order valence-electron chi connectivity index (χ0n) is 10.2. The highest BCUT2D eigenvalue weighted by molar-refractivity contribution is 8.26. The van der Waals surface area contributed by atoms with E-state index in [-0.39, 0.29) is 5.91 Å². The van der Waals surface area contributed by atoms with Crippen LogP contribution >= 0.6 is 24.0 Å². The Balaban J connectivity index is 1.88. The third-order valence-electron chi connectivity index (χ3n) is 4.87. The summed E-state index contributed by atoms with van der Waals surface area (Å²) in [5.74, 6) is 2.18. The Labute approximate surface area is 112 Å². The lowest BCUT2D eigenvalue weighted by Gasteiger charge is -2.36. The van der Waals surface area contributed by atoms with E-state index in [4.69, 9.17) is 12.2 Å². The van der Waals surface area contributed by atoms with Gasteiger partial charge in [0.15, 0.2) is 0 Å². The predicted octanol–water partition coefficient (Wildman–Crippen LogP) is 3.09. The smallest absolute Gasteiger partial charge is 0.263 e. The molecule has 0 aromatic heterocycles. The fourth-order valence-corrected chi connectivity index (χ4v) is 4.91. The van der Waals surface area contributed by atoms with Crippen LogP contribution in [0.1, 0.15) is 33.1 Å². The van der Waals surface area contributed by atoms with Gasteiger partial charge in [-0.15, -0.1) is 0 Å². The molecule has 3 unspecified atom stereocenters. The van der Waals surface area contributed by atoms with Crippen LogP contribution in [0.15, 0.2) is 11.0 Å². The van der Waals surface area contributed by atoms with E-state index in [2.05, 4.69) is 25.2 Å². The molecule has 2 saturated carbocycles. The zero-order valence-corrected chi connectivity index (χ0v) is 11.8. The second-order valence-corrected chi connectivity index (χ2v) is 7.71. The number of fused-ring (bicyclic) bond motifs is 2. The highest BCUT2D eigenvalue weighted by Gasteiger charge is 2.52. The number of carbonyl (C=O) groups excluding carboxylic acids is 1. The van der Waals surface area contributed by atoms with E-state index in [0.717, 1.165) is 16.7 Å². The molecule has 92 valence electrons. The maximum atomic E-state index is 11.7. The first kappa shape index (κ1) is 11.7. The van der Waals surface area contributed by atoms with Gasteiger partial charge in [-0.3, -0.25) is 4.79 Å². The Bertz CT molecular complexity index is 427. The molecule has 3 rings (SSSR count). The third kappa shape index (κ3) is 1.76. The molecule has 2 nitrogen and oxygen atoms in total. The van der Waals surface area contributed by atoms with Crippen molar-refractivity contribution in [1.29, 1.82) is 0 Å². The molecule has 0 radical (unpaired) electrons. The Kier molecular flexibility index (Phi) is 2.63. The van der Waals surface area contributed by atoms with Gasteiger partial charge in [-0.1, -0.05) is 43.9 Å². The summed E-state index contributed by atoms with van der Waals surface area (Å²) in [6.45, 7) is 4.71. The molecular weight excluding hydrogens is 250 g/mol. The summed E-state index contributed by atoms with van der Waals surface area (Å²) in [6.07, 6.45) is 6.25. The molecule has 3 atom stereocenters. The largest absolute Gasteiger partial charge is 0.307 e. The summed E-state index contributed by atoms with van der Waals surface area (Å²) in [7, 11) is 0. The van der Waals surface area contributed by atoms with Gasteiger partial charge in [-0.05, 0) is 42.4 Å². The first-order valence-electron chi connectivity index (χ1n) is 6.23. The molecular formula is C13H17NOS2. The minimum Gasteiger partial charge on any atom is -0.307 e. The van der Waals surface area contributed by atoms with Gasteiger partial charge in [-0.25, -0.2) is 0 Å². The highest BCUT2D eigenvalue weighted by atomic mass is 32.2. The molecule has 17 heavy (non-hydrogen) atoms. The lowest BCUT2D eigenvalue weighted by molar-refractivity contribution is -0.115. The minimum atomic E-state index is -0.00132. The second kappa shape index (κ2) is 3.82. The monoisotopic (exact) mass is 267 g/mol. The van der Waals surface area contributed by atoms with Crippen molar-refractivity contribution in [2.75, 3.05) is 0 Å². The molecule has 3 aliphatic rings. The van der Waals surface area contributed by atoms with Crippen molar-refractivity contribution in [1.82, 2.24) is 5.32 Å². The molecule has 1 N–H and O–H groups in total. The maximum absolute atomic E-state index is 11.7. The van der Waals surface area contributed by atoms with Crippen molar-refractivity contribution in [3.63, 3.8) is 0 Å². The molecule has 1 heterocycles. The van der Waals surface area contributed by atoms with Crippen LogP contribution < -0.4 is 5.32 Å². The van der Waals surface area contributed by atoms with Crippen LogP contribution in [0.25, 0.3) is 0 Å². The summed E-state index contributed by atoms with van der Waals surface area (Å²) in [5.41, 5.74) is 0.348. The van der Waals surface area contributed by atoms with Gasteiger partial charge in [0.1, 0.15) is 4.32 Å². The van der Waals surface area contributed by atoms with Gasteiger partial charge in [0.25, 0.3) is 5.91 Å². The van der Waals surface area contributed by atoms with Crippen LogP contribution in [-0.2, 0) is 4.79 Å². The van der Waals surface area contributed by atoms with Crippen LogP contribution in [-0.4, -0.2) is 10.2 Å². The molecule has 0 aromatic carbocycles. The summed E-state index contributed by atoms with van der Waals surface area (Å²) < 4.78 is 0.599. The fourth-order valence-electron chi connectivity index (χ4n) is 3.85. The van der Waals surface area contributed by atoms with Crippen LogP contribution in [0.3, 0.4) is 0 Å². The van der Waals surface area contributed by atoms with Gasteiger partial charge in [0.2, 0.25) is 0 Å². The first-order chi connectivity index (χ1) is 7.98. The number of amides is 1. The molecule has 2 aliphatic carbocycles. The maximum Gasteiger partial charge on any atom is 0.263 e. The Morgan fingerprint density at radius 2 is 2.24 bits per heavy atom. The summed E-state index contributed by atoms with van der Waals surface area (Å²) in [5, 5.41) is 2.70. The zero-order chi connectivity index (χ0) is 12.2. The first-order valence-corrected chi connectivity index (χ1v) is 7.46. The average Bonchev–Trinajstić information content (AvgIpc) is 2.86. The number of rotatable bonds is 1. The topological polar surface area (TPSA) is 29.1 Å². The molecule has 0 aromatic rings. The average molecular weight is 267 g/mol. The van der Waals surface area contributed by atoms with Crippen molar-refractivity contribution in [3.8, 4) is 0 Å². The molecule has 1 amide bonds. The van der Waals surface area contributed by atoms with Gasteiger partial charge >= 0.3 is 0 Å². The van der Waals surface area contributed by atoms with Gasteiger partial charge < -0.3 is 5.32 Å². The Morgan fingerprint density at radius 3 is 2.76 bits per heavy atom. The second-order valence-electron chi connectivity index (χ2n) is 5.99. The quantitative estimate of drug-likeness (QED) is 0.585. The van der Waals surface area contributed by atoms with Crippen LogP contribution in [0.4, 0.5) is 0 Å². The summed E-state index contributed by atoms with van der Waals surface area (Å²) >= 11 is 6.45. The predicted molar refractivity (Wildman–Crippen MR) is 74.5 cm³/mol. The normalized spacial score (nSPS) is 41.3. The third-order valence-corrected chi connectivity index (χ3v) is 6.05. The van der Waals surface area contributed by atoms with E-state index in [0.29, 0.717) is 15.7 Å². The minimum absolute atomic E-state index is 0.00132. The molecule has 4 heteroatoms. The lowest BCUT2D eigenvalue weighted by atomic mass is 9.68. The SMILES string of the molecule is CC1(C)C2CCC(C2)C1/C=C1\SC(=S)NC1=O. The summed E-state index contributed by atoms with van der Waals surface area (Å²) in [6, 6.07) is 0. The van der Waals surface area contributed by atoms with Crippen LogP contribution in [0.2, 0.25) is 0 Å². The standard InChI is InChI=1S/C13H17NOS2/c1-13(2)8-4-3-7(5-8)9(13)6-10-11(15)14-12(16)17-10/h6-9H,3-5H2,1-2H3,(H,14,15,16)/b10-6-. The summed E-state index contributed by atoms with van der Waals surface area (Å²) in [4.78, 5) is 12.5. The number of allylic oxidation sites excluding steroid dienone is 1. The van der Waals surface area contributed by atoms with Crippen LogP contribution in [0.5, 0.6) is 0 Å². The molecule has 3 fully saturated rings. The molecule has 1 saturated heterocycles. The van der Waals surface area contributed by atoms with Crippen molar-refractivity contribution >= 4 is 34.2 Å². The van der Waals surface area contributed by atoms with E-state index in [1.165, 1.54) is 31.0 Å². The highest BCUT2D eigenvalue weighted by Crippen LogP contribution is 2.60. The number of thiocarbonyl (C=S) groups is 1. The van der Waals surface area contributed by atoms with Gasteiger partial charge in [0.05, 0.1) is 4.91 Å². The fraction of sp³-hybridized carbons (Fsp3) is 0.692. The van der Waals surface area contributed by atoms with E-state index < -0.39 is 0 Å². The molecule has 0 spiro atoms. The Hall–Kier alpha value is -0.350. The number of nitrogens with one attached hydrogen (secondary N) is 1. The number of thioether (sulfide) groups is 1. The van der Waals surface area contributed by atoms with Crippen molar-refractivity contribution < 1.29 is 4.79 Å². The van der Waals surface area contributed by atoms with Gasteiger partial charge in [0, 0.05) is 0 Å².